The molecule has 18 heavy (non-hydrogen) atoms. The van der Waals surface area contributed by atoms with Crippen molar-refractivity contribution in [3.05, 3.63) is 0 Å². The average molecular weight is 266 g/mol. The molecule has 1 unspecified atom stereocenters. The second-order valence-electron chi connectivity index (χ2n) is 3.61. The summed E-state index contributed by atoms with van der Waals surface area (Å²) in [6, 6.07) is 0. The fourth-order valence-electron chi connectivity index (χ4n) is 1.01. The first-order valence-corrected chi connectivity index (χ1v) is 5.90. The fraction of sp³-hybridized carbons (Fsp3) is 0.909. The molecular formula is C11H22O7. The normalized spacial score (nSPS) is 12.6. The molecule has 0 radical (unpaired) electrons. The number of hydrogen-bond donors (Lipinski definition) is 3. The van der Waals surface area contributed by atoms with Gasteiger partial charge in [-0.15, -0.1) is 0 Å². The number of carbonyl (C=O) groups is 1. The molecule has 0 bridgehead atoms. The Morgan fingerprint density at radius 1 is 0.944 bits per heavy atom. The molecule has 0 fully saturated rings. The SMILES string of the molecule is O=C(O)CCOCCOCCOCCC(O)CO. The van der Waals surface area contributed by atoms with E-state index in [0.29, 0.717) is 39.5 Å². The van der Waals surface area contributed by atoms with Gasteiger partial charge < -0.3 is 29.5 Å². The maximum absolute atomic E-state index is 10.1. The molecule has 0 saturated heterocycles. The van der Waals surface area contributed by atoms with Gasteiger partial charge in [-0.3, -0.25) is 4.79 Å². The molecule has 0 aromatic carbocycles. The molecule has 0 rings (SSSR count). The van der Waals surface area contributed by atoms with Crippen molar-refractivity contribution in [2.45, 2.75) is 18.9 Å². The number of carboxylic acids is 1. The van der Waals surface area contributed by atoms with Gasteiger partial charge in [-0.05, 0) is 6.42 Å². The van der Waals surface area contributed by atoms with Crippen LogP contribution in [0.1, 0.15) is 12.8 Å². The zero-order valence-electron chi connectivity index (χ0n) is 10.4. The monoisotopic (exact) mass is 266 g/mol. The number of carboxylic acid groups (broad SMARTS) is 1. The third-order valence-corrected chi connectivity index (χ3v) is 2.01. The Hall–Kier alpha value is -0.730. The third kappa shape index (κ3) is 13.3. The van der Waals surface area contributed by atoms with Crippen molar-refractivity contribution in [3.8, 4) is 0 Å². The summed E-state index contributed by atoms with van der Waals surface area (Å²) in [6.07, 6.45) is -0.334. The predicted octanol–water partition coefficient (Wildman–Crippen LogP) is -0.746. The summed E-state index contributed by atoms with van der Waals surface area (Å²) < 4.78 is 15.3. The highest BCUT2D eigenvalue weighted by atomic mass is 16.5. The van der Waals surface area contributed by atoms with Gasteiger partial charge in [0.05, 0.1) is 52.2 Å². The van der Waals surface area contributed by atoms with Crippen molar-refractivity contribution in [1.29, 1.82) is 0 Å². The molecule has 0 amide bonds. The zero-order chi connectivity index (χ0) is 13.6. The van der Waals surface area contributed by atoms with E-state index in [1.54, 1.807) is 0 Å². The van der Waals surface area contributed by atoms with E-state index in [1.807, 2.05) is 0 Å². The fourth-order valence-corrected chi connectivity index (χ4v) is 1.01. The van der Waals surface area contributed by atoms with Crippen LogP contribution in [0, 0.1) is 0 Å². The summed E-state index contributed by atoms with van der Waals surface area (Å²) >= 11 is 0. The highest BCUT2D eigenvalue weighted by molar-refractivity contribution is 5.66. The van der Waals surface area contributed by atoms with Crippen molar-refractivity contribution < 1.29 is 34.3 Å². The van der Waals surface area contributed by atoms with E-state index in [0.717, 1.165) is 0 Å². The lowest BCUT2D eigenvalue weighted by Crippen LogP contribution is -2.16. The van der Waals surface area contributed by atoms with E-state index in [2.05, 4.69) is 0 Å². The van der Waals surface area contributed by atoms with Crippen LogP contribution in [0.2, 0.25) is 0 Å². The van der Waals surface area contributed by atoms with Gasteiger partial charge >= 0.3 is 5.97 Å². The third-order valence-electron chi connectivity index (χ3n) is 2.01. The van der Waals surface area contributed by atoms with Crippen molar-refractivity contribution in [2.75, 3.05) is 46.2 Å². The molecule has 0 saturated carbocycles. The maximum atomic E-state index is 10.1. The van der Waals surface area contributed by atoms with Crippen molar-refractivity contribution >= 4 is 5.97 Å². The molecular weight excluding hydrogens is 244 g/mol. The largest absolute Gasteiger partial charge is 0.481 e. The van der Waals surface area contributed by atoms with E-state index < -0.39 is 12.1 Å². The highest BCUT2D eigenvalue weighted by Crippen LogP contribution is 1.91. The summed E-state index contributed by atoms with van der Waals surface area (Å²) in [4.78, 5) is 10.1. The minimum atomic E-state index is -0.880. The minimum Gasteiger partial charge on any atom is -0.481 e. The highest BCUT2D eigenvalue weighted by Gasteiger charge is 2.00. The first-order valence-electron chi connectivity index (χ1n) is 5.90. The van der Waals surface area contributed by atoms with Crippen LogP contribution in [0.3, 0.4) is 0 Å². The Bertz CT molecular complexity index is 198. The van der Waals surface area contributed by atoms with Gasteiger partial charge in [0.15, 0.2) is 0 Å². The van der Waals surface area contributed by atoms with Gasteiger partial charge in [0.1, 0.15) is 0 Å². The van der Waals surface area contributed by atoms with E-state index in [4.69, 9.17) is 29.5 Å². The number of aliphatic carboxylic acids is 1. The van der Waals surface area contributed by atoms with Crippen molar-refractivity contribution in [1.82, 2.24) is 0 Å². The summed E-state index contributed by atoms with van der Waals surface area (Å²) in [7, 11) is 0. The number of ether oxygens (including phenoxy) is 3. The molecule has 0 aliphatic rings. The zero-order valence-corrected chi connectivity index (χ0v) is 10.4. The molecule has 0 aliphatic heterocycles. The van der Waals surface area contributed by atoms with Gasteiger partial charge in [-0.25, -0.2) is 0 Å². The molecule has 0 heterocycles. The first kappa shape index (κ1) is 17.3. The number of hydrogen-bond acceptors (Lipinski definition) is 6. The lowest BCUT2D eigenvalue weighted by Gasteiger charge is -2.08. The average Bonchev–Trinajstić information content (AvgIpc) is 2.35. The van der Waals surface area contributed by atoms with Crippen LogP contribution in [0.5, 0.6) is 0 Å². The predicted molar refractivity (Wildman–Crippen MR) is 62.4 cm³/mol. The Labute approximate surface area is 106 Å². The van der Waals surface area contributed by atoms with Crippen LogP contribution in [-0.2, 0) is 19.0 Å². The van der Waals surface area contributed by atoms with Crippen LogP contribution in [-0.4, -0.2) is 73.6 Å². The van der Waals surface area contributed by atoms with Crippen molar-refractivity contribution in [3.63, 3.8) is 0 Å². The smallest absolute Gasteiger partial charge is 0.305 e. The Morgan fingerprint density at radius 2 is 1.44 bits per heavy atom. The Balaban J connectivity index is 3.01. The molecule has 0 aromatic rings. The quantitative estimate of drug-likeness (QED) is 0.377. The number of aliphatic hydroxyl groups is 2. The summed E-state index contributed by atoms with van der Waals surface area (Å²) in [5, 5.41) is 25.9. The standard InChI is InChI=1S/C11H22O7/c12-9-10(13)1-3-16-5-7-18-8-6-17-4-2-11(14)15/h10,12-13H,1-9H2,(H,14,15). The first-order chi connectivity index (χ1) is 8.66. The van der Waals surface area contributed by atoms with Gasteiger partial charge in [-0.1, -0.05) is 0 Å². The molecule has 7 heteroatoms. The van der Waals surface area contributed by atoms with Gasteiger partial charge in [0.2, 0.25) is 0 Å². The molecule has 7 nitrogen and oxygen atoms in total. The molecule has 0 aromatic heterocycles. The van der Waals surface area contributed by atoms with E-state index in [-0.39, 0.29) is 19.6 Å². The van der Waals surface area contributed by atoms with E-state index in [1.165, 1.54) is 0 Å². The van der Waals surface area contributed by atoms with E-state index in [9.17, 15) is 4.79 Å². The van der Waals surface area contributed by atoms with Gasteiger partial charge in [-0.2, -0.15) is 0 Å². The number of rotatable bonds is 13. The second-order valence-corrected chi connectivity index (χ2v) is 3.61. The van der Waals surface area contributed by atoms with Crippen LogP contribution < -0.4 is 0 Å². The van der Waals surface area contributed by atoms with Gasteiger partial charge in [0.25, 0.3) is 0 Å². The minimum absolute atomic E-state index is 0.00368. The van der Waals surface area contributed by atoms with E-state index >= 15 is 0 Å². The van der Waals surface area contributed by atoms with Crippen LogP contribution in [0.25, 0.3) is 0 Å². The summed E-state index contributed by atoms with van der Waals surface area (Å²) in [6.45, 7) is 1.88. The summed E-state index contributed by atoms with van der Waals surface area (Å²) in [5.41, 5.74) is 0. The molecule has 0 spiro atoms. The summed E-state index contributed by atoms with van der Waals surface area (Å²) in [5.74, 6) is -0.880. The molecule has 108 valence electrons. The Morgan fingerprint density at radius 3 is 1.94 bits per heavy atom. The van der Waals surface area contributed by atoms with Crippen LogP contribution in [0.15, 0.2) is 0 Å². The topological polar surface area (TPSA) is 105 Å². The van der Waals surface area contributed by atoms with Crippen LogP contribution in [0.4, 0.5) is 0 Å². The maximum Gasteiger partial charge on any atom is 0.305 e. The molecule has 3 N–H and O–H groups in total. The van der Waals surface area contributed by atoms with Gasteiger partial charge in [0, 0.05) is 6.61 Å². The van der Waals surface area contributed by atoms with Crippen LogP contribution >= 0.6 is 0 Å². The molecule has 0 aliphatic carbocycles. The second kappa shape index (κ2) is 12.7. The van der Waals surface area contributed by atoms with Crippen molar-refractivity contribution in [2.24, 2.45) is 0 Å². The number of aliphatic hydroxyl groups excluding tert-OH is 2. The lowest BCUT2D eigenvalue weighted by atomic mass is 10.3. The Kier molecular flexibility index (Phi) is 12.2. The lowest BCUT2D eigenvalue weighted by molar-refractivity contribution is -0.138. The molecule has 1 atom stereocenters.